The molecule has 2 N–H and O–H groups in total. The smallest absolute Gasteiger partial charge is 0.162 e. The Balaban J connectivity index is 1.70. The van der Waals surface area contributed by atoms with Gasteiger partial charge in [0.15, 0.2) is 5.79 Å². The summed E-state index contributed by atoms with van der Waals surface area (Å²) in [7, 11) is 0. The van der Waals surface area contributed by atoms with Crippen LogP contribution in [0.25, 0.3) is 0 Å². The quantitative estimate of drug-likeness (QED) is 0.869. The van der Waals surface area contributed by atoms with Crippen LogP contribution in [-0.4, -0.2) is 36.2 Å². The summed E-state index contributed by atoms with van der Waals surface area (Å²) in [6.07, 6.45) is 2.04. The molecule has 0 aliphatic carbocycles. The predicted molar refractivity (Wildman–Crippen MR) is 78.8 cm³/mol. The maximum atomic E-state index is 9.25. The third-order valence-corrected chi connectivity index (χ3v) is 3.59. The van der Waals surface area contributed by atoms with E-state index in [9.17, 15) is 5.11 Å². The van der Waals surface area contributed by atoms with Gasteiger partial charge in [0.05, 0.1) is 19.3 Å². The van der Waals surface area contributed by atoms with Crippen LogP contribution in [0.2, 0.25) is 0 Å². The van der Waals surface area contributed by atoms with Crippen LogP contribution in [0.15, 0.2) is 24.3 Å². The van der Waals surface area contributed by atoms with Crippen LogP contribution >= 0.6 is 0 Å². The lowest BCUT2D eigenvalue weighted by molar-refractivity contribution is -0.253. The standard InChI is InChI=1S/C16H25NO3/c1-12(4-5-13-6-8-15(18)9-7-13)17-14-10-19-16(2,3)20-11-14/h6-9,12,14,17-18H,4-5,10-11H2,1-3H3. The zero-order valence-electron chi connectivity index (χ0n) is 12.6. The molecule has 0 amide bonds. The van der Waals surface area contributed by atoms with E-state index in [1.54, 1.807) is 12.1 Å². The molecule has 4 nitrogen and oxygen atoms in total. The summed E-state index contributed by atoms with van der Waals surface area (Å²) >= 11 is 0. The van der Waals surface area contributed by atoms with Crippen LogP contribution in [0.1, 0.15) is 32.8 Å². The first kappa shape index (κ1) is 15.3. The molecule has 1 heterocycles. The lowest BCUT2D eigenvalue weighted by Gasteiger charge is -2.36. The van der Waals surface area contributed by atoms with Crippen molar-refractivity contribution < 1.29 is 14.6 Å². The summed E-state index contributed by atoms with van der Waals surface area (Å²) in [5, 5.41) is 12.8. The lowest BCUT2D eigenvalue weighted by Crippen LogP contribution is -2.50. The normalized spacial score (nSPS) is 20.8. The number of aromatic hydroxyl groups is 1. The lowest BCUT2D eigenvalue weighted by atomic mass is 10.1. The Labute approximate surface area is 121 Å². The Hall–Kier alpha value is -1.10. The highest BCUT2D eigenvalue weighted by Gasteiger charge is 2.28. The first-order chi connectivity index (χ1) is 9.44. The van der Waals surface area contributed by atoms with Gasteiger partial charge in [-0.25, -0.2) is 0 Å². The molecular weight excluding hydrogens is 254 g/mol. The van der Waals surface area contributed by atoms with Gasteiger partial charge in [-0.2, -0.15) is 0 Å². The number of nitrogens with one attached hydrogen (secondary N) is 1. The highest BCUT2D eigenvalue weighted by molar-refractivity contribution is 5.25. The molecule has 4 heteroatoms. The molecule has 0 radical (unpaired) electrons. The van der Waals surface area contributed by atoms with E-state index in [2.05, 4.69) is 12.2 Å². The number of rotatable bonds is 5. The number of benzene rings is 1. The minimum atomic E-state index is -0.451. The molecular formula is C16H25NO3. The zero-order valence-corrected chi connectivity index (χ0v) is 12.6. The summed E-state index contributed by atoms with van der Waals surface area (Å²) in [6.45, 7) is 7.45. The van der Waals surface area contributed by atoms with E-state index in [1.165, 1.54) is 5.56 Å². The Morgan fingerprint density at radius 1 is 1.25 bits per heavy atom. The molecule has 112 valence electrons. The van der Waals surface area contributed by atoms with E-state index < -0.39 is 5.79 Å². The van der Waals surface area contributed by atoms with Crippen molar-refractivity contribution >= 4 is 0 Å². The minimum absolute atomic E-state index is 0.262. The summed E-state index contributed by atoms with van der Waals surface area (Å²) in [6, 6.07) is 8.07. The van der Waals surface area contributed by atoms with E-state index in [1.807, 2.05) is 26.0 Å². The fourth-order valence-electron chi connectivity index (χ4n) is 2.32. The maximum Gasteiger partial charge on any atom is 0.162 e. The SMILES string of the molecule is CC(CCc1ccc(O)cc1)NC1COC(C)(C)OC1. The van der Waals surface area contributed by atoms with E-state index in [4.69, 9.17) is 9.47 Å². The van der Waals surface area contributed by atoms with Crippen LogP contribution < -0.4 is 5.32 Å². The average molecular weight is 279 g/mol. The third kappa shape index (κ3) is 4.78. The molecule has 2 rings (SSSR count). The molecule has 20 heavy (non-hydrogen) atoms. The van der Waals surface area contributed by atoms with Crippen LogP contribution in [-0.2, 0) is 15.9 Å². The minimum Gasteiger partial charge on any atom is -0.508 e. The number of aryl methyl sites for hydroxylation is 1. The van der Waals surface area contributed by atoms with Crippen LogP contribution in [0.4, 0.5) is 0 Å². The van der Waals surface area contributed by atoms with Gasteiger partial charge in [-0.15, -0.1) is 0 Å². The topological polar surface area (TPSA) is 50.7 Å². The van der Waals surface area contributed by atoms with Gasteiger partial charge in [0.25, 0.3) is 0 Å². The third-order valence-electron chi connectivity index (χ3n) is 3.59. The summed E-state index contributed by atoms with van der Waals surface area (Å²) in [5.74, 6) is -0.132. The monoisotopic (exact) mass is 279 g/mol. The Bertz CT molecular complexity index is 406. The van der Waals surface area contributed by atoms with Crippen LogP contribution in [0.3, 0.4) is 0 Å². The van der Waals surface area contributed by atoms with Gasteiger partial charge in [-0.05, 0) is 51.3 Å². The van der Waals surface area contributed by atoms with Gasteiger partial charge in [0.1, 0.15) is 5.75 Å². The number of phenolic OH excluding ortho intramolecular Hbond substituents is 1. The molecule has 0 aromatic heterocycles. The maximum absolute atomic E-state index is 9.25. The van der Waals surface area contributed by atoms with Crippen molar-refractivity contribution in [3.8, 4) is 5.75 Å². The number of hydrogen-bond donors (Lipinski definition) is 2. The molecule has 1 aliphatic rings. The molecule has 0 bridgehead atoms. The van der Waals surface area contributed by atoms with Gasteiger partial charge in [0.2, 0.25) is 0 Å². The largest absolute Gasteiger partial charge is 0.508 e. The highest BCUT2D eigenvalue weighted by atomic mass is 16.7. The fourth-order valence-corrected chi connectivity index (χ4v) is 2.32. The van der Waals surface area contributed by atoms with Gasteiger partial charge in [0, 0.05) is 6.04 Å². The Kier molecular flexibility index (Phi) is 5.02. The molecule has 1 fully saturated rings. The van der Waals surface area contributed by atoms with Crippen molar-refractivity contribution in [2.24, 2.45) is 0 Å². The first-order valence-electron chi connectivity index (χ1n) is 7.26. The molecule has 0 spiro atoms. The molecule has 1 aromatic carbocycles. The molecule has 1 saturated heterocycles. The van der Waals surface area contributed by atoms with E-state index in [0.717, 1.165) is 12.8 Å². The van der Waals surface area contributed by atoms with Gasteiger partial charge in [-0.1, -0.05) is 12.1 Å². The summed E-state index contributed by atoms with van der Waals surface area (Å²) in [4.78, 5) is 0. The molecule has 1 aliphatic heterocycles. The van der Waals surface area contributed by atoms with Crippen LogP contribution in [0.5, 0.6) is 5.75 Å². The predicted octanol–water partition coefficient (Wildman–Crippen LogP) is 2.45. The first-order valence-corrected chi connectivity index (χ1v) is 7.26. The van der Waals surface area contributed by atoms with Crippen molar-refractivity contribution in [2.45, 2.75) is 51.5 Å². The average Bonchev–Trinajstić information content (AvgIpc) is 2.41. The molecule has 1 atom stereocenters. The van der Waals surface area contributed by atoms with Crippen molar-refractivity contribution in [1.82, 2.24) is 5.32 Å². The summed E-state index contributed by atoms with van der Waals surface area (Å²) < 4.78 is 11.3. The molecule has 0 saturated carbocycles. The van der Waals surface area contributed by atoms with Crippen molar-refractivity contribution in [3.63, 3.8) is 0 Å². The van der Waals surface area contributed by atoms with E-state index in [-0.39, 0.29) is 6.04 Å². The van der Waals surface area contributed by atoms with Gasteiger partial charge in [-0.3, -0.25) is 0 Å². The Morgan fingerprint density at radius 2 is 1.85 bits per heavy atom. The fraction of sp³-hybridized carbons (Fsp3) is 0.625. The van der Waals surface area contributed by atoms with Gasteiger partial charge < -0.3 is 19.9 Å². The molecule has 1 aromatic rings. The number of phenols is 1. The summed E-state index contributed by atoms with van der Waals surface area (Å²) in [5.41, 5.74) is 1.24. The zero-order chi connectivity index (χ0) is 14.6. The van der Waals surface area contributed by atoms with E-state index in [0.29, 0.717) is 25.0 Å². The van der Waals surface area contributed by atoms with E-state index >= 15 is 0 Å². The second kappa shape index (κ2) is 6.57. The number of ether oxygens (including phenoxy) is 2. The van der Waals surface area contributed by atoms with Crippen molar-refractivity contribution in [3.05, 3.63) is 29.8 Å². The second-order valence-electron chi connectivity index (χ2n) is 5.99. The van der Waals surface area contributed by atoms with Gasteiger partial charge >= 0.3 is 0 Å². The second-order valence-corrected chi connectivity index (χ2v) is 5.99. The number of hydrogen-bond acceptors (Lipinski definition) is 4. The highest BCUT2D eigenvalue weighted by Crippen LogP contribution is 2.17. The molecule has 1 unspecified atom stereocenters. The van der Waals surface area contributed by atoms with Crippen LogP contribution in [0, 0.1) is 0 Å². The van der Waals surface area contributed by atoms with Crippen molar-refractivity contribution in [1.29, 1.82) is 0 Å². The Morgan fingerprint density at radius 3 is 2.45 bits per heavy atom. The van der Waals surface area contributed by atoms with Crippen molar-refractivity contribution in [2.75, 3.05) is 13.2 Å².